The van der Waals surface area contributed by atoms with Crippen LogP contribution in [0.4, 0.5) is 10.1 Å². The summed E-state index contributed by atoms with van der Waals surface area (Å²) >= 11 is 0. The number of nitro benzene ring substituents is 1. The molecule has 0 fully saturated rings. The number of carbonyl (C=O) groups excluding carboxylic acids is 1. The molecule has 0 amide bonds. The van der Waals surface area contributed by atoms with Crippen molar-refractivity contribution < 1.29 is 32.4 Å². The van der Waals surface area contributed by atoms with Crippen molar-refractivity contribution in [3.63, 3.8) is 0 Å². The second kappa shape index (κ2) is 6.56. The molecule has 0 aromatic heterocycles. The summed E-state index contributed by atoms with van der Waals surface area (Å²) in [5.41, 5.74) is -0.643. The van der Waals surface area contributed by atoms with Gasteiger partial charge >= 0.3 is 5.97 Å². The molecule has 0 saturated carbocycles. The Morgan fingerprint density at radius 1 is 1.57 bits per heavy atom. The molecule has 0 spiro atoms. The van der Waals surface area contributed by atoms with Crippen molar-refractivity contribution in [3.8, 4) is 0 Å². The fraction of sp³-hybridized carbons (Fsp3) is 0.300. The molecule has 0 bridgehead atoms. The number of benzene rings is 1. The highest BCUT2D eigenvalue weighted by Crippen LogP contribution is 2.21. The quantitative estimate of drug-likeness (QED) is 0.411. The first kappa shape index (κ1) is 16.9. The van der Waals surface area contributed by atoms with Gasteiger partial charge in [0.15, 0.2) is 0 Å². The van der Waals surface area contributed by atoms with Crippen molar-refractivity contribution in [2.45, 2.75) is 10.9 Å². The second-order valence-corrected chi connectivity index (χ2v) is 5.43. The zero-order valence-electron chi connectivity index (χ0n) is 10.6. The minimum absolute atomic E-state index is 0.503. The van der Waals surface area contributed by atoms with Gasteiger partial charge in [-0.15, -0.1) is 0 Å². The first-order valence-electron chi connectivity index (χ1n) is 5.38. The fourth-order valence-electron chi connectivity index (χ4n) is 1.36. The number of rotatable bonds is 6. The predicted octanol–water partition coefficient (Wildman–Crippen LogP) is -0.454. The largest absolute Gasteiger partial charge is 0.468 e. The minimum Gasteiger partial charge on any atom is -0.468 e. The zero-order chi connectivity index (χ0) is 16.2. The van der Waals surface area contributed by atoms with Gasteiger partial charge in [0.1, 0.15) is 16.8 Å². The van der Waals surface area contributed by atoms with Gasteiger partial charge in [0.2, 0.25) is 10.0 Å². The topological polar surface area (TPSA) is 136 Å². The van der Waals surface area contributed by atoms with Crippen LogP contribution in [0.3, 0.4) is 0 Å². The Hall–Kier alpha value is -2.11. The summed E-state index contributed by atoms with van der Waals surface area (Å²) in [6.45, 7) is -0.928. The summed E-state index contributed by atoms with van der Waals surface area (Å²) in [5, 5.41) is 19.5. The summed E-state index contributed by atoms with van der Waals surface area (Å²) in [4.78, 5) is 19.9. The SMILES string of the molecule is COC(=O)C(CO)NS(=O)(=O)c1cc([N+](=O)[O-])ccc1F. The molecule has 0 heterocycles. The second-order valence-electron chi connectivity index (χ2n) is 3.75. The molecule has 116 valence electrons. The molecule has 1 aromatic carbocycles. The number of hydrogen-bond donors (Lipinski definition) is 2. The lowest BCUT2D eigenvalue weighted by atomic mass is 10.3. The van der Waals surface area contributed by atoms with E-state index in [1.54, 1.807) is 4.72 Å². The number of aliphatic hydroxyl groups is 1. The number of sulfonamides is 1. The van der Waals surface area contributed by atoms with E-state index in [0.717, 1.165) is 13.2 Å². The van der Waals surface area contributed by atoms with E-state index in [4.69, 9.17) is 5.11 Å². The summed E-state index contributed by atoms with van der Waals surface area (Å²) in [6, 6.07) is 0.249. The number of carbonyl (C=O) groups is 1. The van der Waals surface area contributed by atoms with Gasteiger partial charge in [-0.1, -0.05) is 0 Å². The van der Waals surface area contributed by atoms with Crippen LogP contribution in [0.2, 0.25) is 0 Å². The summed E-state index contributed by atoms with van der Waals surface area (Å²) in [5.74, 6) is -2.33. The number of aliphatic hydroxyl groups excluding tert-OH is 1. The maximum Gasteiger partial charge on any atom is 0.326 e. The van der Waals surface area contributed by atoms with E-state index in [0.29, 0.717) is 12.1 Å². The van der Waals surface area contributed by atoms with Crippen LogP contribution in [0.5, 0.6) is 0 Å². The average molecular weight is 322 g/mol. The van der Waals surface area contributed by atoms with Crippen LogP contribution in [0.1, 0.15) is 0 Å². The number of nitrogens with one attached hydrogen (secondary N) is 1. The number of nitro groups is 1. The molecule has 0 aliphatic carbocycles. The molecular weight excluding hydrogens is 311 g/mol. The third kappa shape index (κ3) is 3.93. The average Bonchev–Trinajstić information content (AvgIpc) is 2.43. The van der Waals surface area contributed by atoms with Crippen LogP contribution in [0, 0.1) is 15.9 Å². The highest BCUT2D eigenvalue weighted by Gasteiger charge is 2.29. The highest BCUT2D eigenvalue weighted by molar-refractivity contribution is 7.89. The predicted molar refractivity (Wildman–Crippen MR) is 66.3 cm³/mol. The van der Waals surface area contributed by atoms with E-state index < -0.39 is 50.0 Å². The molecule has 21 heavy (non-hydrogen) atoms. The van der Waals surface area contributed by atoms with Crippen molar-refractivity contribution in [1.29, 1.82) is 0 Å². The maximum atomic E-state index is 13.5. The van der Waals surface area contributed by atoms with Crippen molar-refractivity contribution >= 4 is 21.7 Å². The molecule has 2 N–H and O–H groups in total. The Labute approximate surface area is 118 Å². The van der Waals surface area contributed by atoms with E-state index in [-0.39, 0.29) is 0 Å². The summed E-state index contributed by atoms with van der Waals surface area (Å²) in [6.07, 6.45) is 0. The molecule has 1 unspecified atom stereocenters. The third-order valence-corrected chi connectivity index (χ3v) is 3.87. The molecule has 1 aromatic rings. The van der Waals surface area contributed by atoms with Crippen molar-refractivity contribution in [3.05, 3.63) is 34.1 Å². The monoisotopic (exact) mass is 322 g/mol. The summed E-state index contributed by atoms with van der Waals surface area (Å²) in [7, 11) is -3.64. The van der Waals surface area contributed by atoms with E-state index >= 15 is 0 Å². The molecule has 1 rings (SSSR count). The molecule has 0 saturated heterocycles. The third-order valence-electron chi connectivity index (χ3n) is 2.38. The standard InChI is InChI=1S/C10H11FN2O7S/c1-20-10(15)8(5-14)12-21(18,19)9-4-6(13(16)17)2-3-7(9)11/h2-4,8,12,14H,5H2,1H3. The number of esters is 1. The van der Waals surface area contributed by atoms with Gasteiger partial charge < -0.3 is 9.84 Å². The molecule has 11 heteroatoms. The minimum atomic E-state index is -4.60. The summed E-state index contributed by atoms with van der Waals surface area (Å²) < 4.78 is 43.3. The maximum absolute atomic E-state index is 13.5. The molecular formula is C10H11FN2O7S. The van der Waals surface area contributed by atoms with Gasteiger partial charge in [0, 0.05) is 12.1 Å². The van der Waals surface area contributed by atoms with Crippen LogP contribution < -0.4 is 4.72 Å². The van der Waals surface area contributed by atoms with E-state index in [1.165, 1.54) is 0 Å². The molecule has 0 aliphatic heterocycles. The van der Waals surface area contributed by atoms with Crippen LogP contribution >= 0.6 is 0 Å². The zero-order valence-corrected chi connectivity index (χ0v) is 11.5. The Bertz CT molecular complexity index is 661. The van der Waals surface area contributed by atoms with Crippen LogP contribution in [-0.4, -0.2) is 44.2 Å². The van der Waals surface area contributed by atoms with Crippen molar-refractivity contribution in [2.24, 2.45) is 0 Å². The van der Waals surface area contributed by atoms with E-state index in [2.05, 4.69) is 4.74 Å². The van der Waals surface area contributed by atoms with Gasteiger partial charge in [0.25, 0.3) is 5.69 Å². The van der Waals surface area contributed by atoms with Gasteiger partial charge in [-0.2, -0.15) is 4.72 Å². The van der Waals surface area contributed by atoms with Gasteiger partial charge in [-0.3, -0.25) is 14.9 Å². The fourth-order valence-corrected chi connectivity index (χ4v) is 2.64. The first-order chi connectivity index (χ1) is 9.72. The Kier molecular flexibility index (Phi) is 5.29. The lowest BCUT2D eigenvalue weighted by Gasteiger charge is -2.14. The molecule has 9 nitrogen and oxygen atoms in total. The first-order valence-corrected chi connectivity index (χ1v) is 6.86. The normalized spacial score (nSPS) is 12.7. The Morgan fingerprint density at radius 3 is 2.67 bits per heavy atom. The van der Waals surface area contributed by atoms with Crippen LogP contribution in [0.25, 0.3) is 0 Å². The van der Waals surface area contributed by atoms with Gasteiger partial charge in [-0.05, 0) is 6.07 Å². The Balaban J connectivity index is 3.21. The molecule has 0 aliphatic rings. The van der Waals surface area contributed by atoms with Gasteiger partial charge in [-0.25, -0.2) is 12.8 Å². The van der Waals surface area contributed by atoms with Crippen LogP contribution in [-0.2, 0) is 19.6 Å². The number of non-ortho nitro benzene ring substituents is 1. The lowest BCUT2D eigenvalue weighted by molar-refractivity contribution is -0.385. The number of ether oxygens (including phenoxy) is 1. The number of methoxy groups -OCH3 is 1. The highest BCUT2D eigenvalue weighted by atomic mass is 32.2. The smallest absolute Gasteiger partial charge is 0.326 e. The van der Waals surface area contributed by atoms with Crippen molar-refractivity contribution in [1.82, 2.24) is 4.72 Å². The van der Waals surface area contributed by atoms with Gasteiger partial charge in [0.05, 0.1) is 18.6 Å². The molecule has 1 atom stereocenters. The number of halogens is 1. The number of hydrogen-bond acceptors (Lipinski definition) is 7. The number of nitrogens with zero attached hydrogens (tertiary/aromatic N) is 1. The Morgan fingerprint density at radius 2 is 2.19 bits per heavy atom. The lowest BCUT2D eigenvalue weighted by Crippen LogP contribution is -2.44. The molecule has 0 radical (unpaired) electrons. The van der Waals surface area contributed by atoms with Crippen molar-refractivity contribution in [2.75, 3.05) is 13.7 Å². The van der Waals surface area contributed by atoms with E-state index in [1.807, 2.05) is 0 Å². The van der Waals surface area contributed by atoms with E-state index in [9.17, 15) is 27.7 Å². The van der Waals surface area contributed by atoms with Crippen LogP contribution in [0.15, 0.2) is 23.1 Å².